The second-order valence-corrected chi connectivity index (χ2v) is 6.12. The largest absolute Gasteiger partial charge is 0.480 e. The third-order valence-electron chi connectivity index (χ3n) is 2.46. The van der Waals surface area contributed by atoms with Crippen molar-refractivity contribution in [1.29, 1.82) is 0 Å². The zero-order valence-corrected chi connectivity index (χ0v) is 13.5. The van der Waals surface area contributed by atoms with Crippen LogP contribution >= 0.6 is 11.6 Å². The van der Waals surface area contributed by atoms with Crippen molar-refractivity contribution in [2.45, 2.75) is 39.0 Å². The Hall–Kier alpha value is -1.79. The van der Waals surface area contributed by atoms with Gasteiger partial charge >= 0.3 is 12.1 Å². The summed E-state index contributed by atoms with van der Waals surface area (Å²) in [5.41, 5.74) is 0.155. The number of benzene rings is 1. The minimum atomic E-state index is -1.19. The number of carboxylic acids is 1. The number of carbonyl (C=O) groups is 2. The lowest BCUT2D eigenvalue weighted by Crippen LogP contribution is -2.46. The molecule has 0 aliphatic carbocycles. The van der Waals surface area contributed by atoms with Crippen LogP contribution in [0.3, 0.4) is 0 Å². The molecule has 0 unspecified atom stereocenters. The molecule has 1 rings (SSSR count). The van der Waals surface area contributed by atoms with Crippen LogP contribution in [0, 0.1) is 0 Å². The van der Waals surface area contributed by atoms with Crippen molar-refractivity contribution < 1.29 is 24.2 Å². The molecule has 0 bridgehead atoms. The molecule has 7 heteroatoms. The molecule has 0 saturated heterocycles. The second-order valence-electron chi connectivity index (χ2n) is 5.68. The smallest absolute Gasteiger partial charge is 0.408 e. The number of rotatable bonds is 6. The molecule has 0 heterocycles. The molecule has 2 N–H and O–H groups in total. The number of ether oxygens (including phenoxy) is 2. The Morgan fingerprint density at radius 1 is 1.27 bits per heavy atom. The number of carboxylic acid groups (broad SMARTS) is 1. The van der Waals surface area contributed by atoms with Crippen LogP contribution in [0.25, 0.3) is 0 Å². The Kier molecular flexibility index (Phi) is 6.64. The van der Waals surface area contributed by atoms with E-state index in [0.29, 0.717) is 5.02 Å². The molecule has 0 aromatic heterocycles. The highest BCUT2D eigenvalue weighted by Gasteiger charge is 2.24. The Balaban J connectivity index is 2.46. The SMILES string of the molecule is CC(C)(C)OC(=O)N[C@@H](COCc1ccc(Cl)cc1)C(=O)O. The third-order valence-corrected chi connectivity index (χ3v) is 2.71. The summed E-state index contributed by atoms with van der Waals surface area (Å²) in [5.74, 6) is -1.19. The van der Waals surface area contributed by atoms with Crippen molar-refractivity contribution >= 4 is 23.7 Å². The Bertz CT molecular complexity index is 510. The number of aliphatic carboxylic acids is 1. The Morgan fingerprint density at radius 2 is 1.86 bits per heavy atom. The van der Waals surface area contributed by atoms with Gasteiger partial charge in [0.05, 0.1) is 13.2 Å². The van der Waals surface area contributed by atoms with Crippen LogP contribution in [-0.4, -0.2) is 35.4 Å². The van der Waals surface area contributed by atoms with Gasteiger partial charge in [0.15, 0.2) is 6.04 Å². The highest BCUT2D eigenvalue weighted by atomic mass is 35.5. The van der Waals surface area contributed by atoms with Crippen LogP contribution < -0.4 is 5.32 Å². The van der Waals surface area contributed by atoms with E-state index in [4.69, 9.17) is 26.2 Å². The molecule has 122 valence electrons. The van der Waals surface area contributed by atoms with Gasteiger partial charge in [-0.25, -0.2) is 9.59 Å². The van der Waals surface area contributed by atoms with Gasteiger partial charge in [-0.1, -0.05) is 23.7 Å². The summed E-state index contributed by atoms with van der Waals surface area (Å²) in [5, 5.41) is 12.0. The van der Waals surface area contributed by atoms with E-state index in [1.807, 2.05) is 0 Å². The van der Waals surface area contributed by atoms with Gasteiger partial charge in [0.2, 0.25) is 0 Å². The molecule has 22 heavy (non-hydrogen) atoms. The van der Waals surface area contributed by atoms with E-state index in [1.165, 1.54) is 0 Å². The molecule has 0 aliphatic rings. The normalized spacial score (nSPS) is 12.5. The van der Waals surface area contributed by atoms with Crippen LogP contribution in [0.5, 0.6) is 0 Å². The van der Waals surface area contributed by atoms with Crippen molar-refractivity contribution in [3.63, 3.8) is 0 Å². The van der Waals surface area contributed by atoms with E-state index in [-0.39, 0.29) is 13.2 Å². The molecular formula is C15H20ClNO5. The first kappa shape index (κ1) is 18.3. The molecule has 0 aliphatic heterocycles. The van der Waals surface area contributed by atoms with Gasteiger partial charge in [0, 0.05) is 5.02 Å². The monoisotopic (exact) mass is 329 g/mol. The van der Waals surface area contributed by atoms with Gasteiger partial charge < -0.3 is 19.9 Å². The van der Waals surface area contributed by atoms with Crippen molar-refractivity contribution in [1.82, 2.24) is 5.32 Å². The number of hydrogen-bond donors (Lipinski definition) is 2. The summed E-state index contributed by atoms with van der Waals surface area (Å²) >= 11 is 5.77. The average Bonchev–Trinajstić information content (AvgIpc) is 2.37. The van der Waals surface area contributed by atoms with Crippen molar-refractivity contribution in [2.75, 3.05) is 6.61 Å². The van der Waals surface area contributed by atoms with Gasteiger partial charge in [0.25, 0.3) is 0 Å². The number of alkyl carbamates (subject to hydrolysis) is 1. The fraction of sp³-hybridized carbons (Fsp3) is 0.467. The minimum Gasteiger partial charge on any atom is -0.480 e. The zero-order valence-electron chi connectivity index (χ0n) is 12.8. The number of amides is 1. The zero-order chi connectivity index (χ0) is 16.8. The van der Waals surface area contributed by atoms with Crippen molar-refractivity contribution in [3.8, 4) is 0 Å². The molecule has 0 radical (unpaired) electrons. The van der Waals surface area contributed by atoms with Crippen molar-refractivity contribution in [2.24, 2.45) is 0 Å². The van der Waals surface area contributed by atoms with Gasteiger partial charge in [0.1, 0.15) is 5.60 Å². The summed E-state index contributed by atoms with van der Waals surface area (Å²) in [6.07, 6.45) is -0.796. The fourth-order valence-electron chi connectivity index (χ4n) is 1.50. The van der Waals surface area contributed by atoms with E-state index in [0.717, 1.165) is 5.56 Å². The first-order chi connectivity index (χ1) is 10.2. The summed E-state index contributed by atoms with van der Waals surface area (Å²) in [6, 6.07) is 5.81. The molecular weight excluding hydrogens is 310 g/mol. The first-order valence-corrected chi connectivity index (χ1v) is 7.09. The van der Waals surface area contributed by atoms with Gasteiger partial charge in [-0.2, -0.15) is 0 Å². The van der Waals surface area contributed by atoms with E-state index in [9.17, 15) is 9.59 Å². The van der Waals surface area contributed by atoms with E-state index in [1.54, 1.807) is 45.0 Å². The lowest BCUT2D eigenvalue weighted by molar-refractivity contribution is -0.141. The number of halogens is 1. The van der Waals surface area contributed by atoms with Crippen LogP contribution in [0.2, 0.25) is 5.02 Å². The predicted octanol–water partition coefficient (Wildman–Crippen LogP) is 2.83. The van der Waals surface area contributed by atoms with Gasteiger partial charge in [-0.3, -0.25) is 0 Å². The highest BCUT2D eigenvalue weighted by Crippen LogP contribution is 2.10. The van der Waals surface area contributed by atoms with Gasteiger partial charge in [-0.05, 0) is 38.5 Å². The predicted molar refractivity (Wildman–Crippen MR) is 81.9 cm³/mol. The van der Waals surface area contributed by atoms with Gasteiger partial charge in [-0.15, -0.1) is 0 Å². The summed E-state index contributed by atoms with van der Waals surface area (Å²) in [6.45, 7) is 5.13. The van der Waals surface area contributed by atoms with Crippen LogP contribution in [0.4, 0.5) is 4.79 Å². The van der Waals surface area contributed by atoms with Crippen LogP contribution in [0.1, 0.15) is 26.3 Å². The summed E-state index contributed by atoms with van der Waals surface area (Å²) < 4.78 is 10.3. The second kappa shape index (κ2) is 8.00. The molecule has 6 nitrogen and oxygen atoms in total. The van der Waals surface area contributed by atoms with Crippen LogP contribution in [0.15, 0.2) is 24.3 Å². The Labute approximate surface area is 134 Å². The average molecular weight is 330 g/mol. The third kappa shape index (κ3) is 7.28. The molecule has 0 fully saturated rings. The molecule has 1 atom stereocenters. The highest BCUT2D eigenvalue weighted by molar-refractivity contribution is 6.30. The number of carbonyl (C=O) groups excluding carboxylic acids is 1. The van der Waals surface area contributed by atoms with E-state index in [2.05, 4.69) is 5.32 Å². The lowest BCUT2D eigenvalue weighted by atomic mass is 10.2. The molecule has 1 amide bonds. The number of nitrogens with one attached hydrogen (secondary N) is 1. The Morgan fingerprint density at radius 3 is 2.36 bits per heavy atom. The topological polar surface area (TPSA) is 84.9 Å². The van der Waals surface area contributed by atoms with E-state index >= 15 is 0 Å². The maximum absolute atomic E-state index is 11.6. The first-order valence-electron chi connectivity index (χ1n) is 6.72. The quantitative estimate of drug-likeness (QED) is 0.838. The standard InChI is InChI=1S/C15H20ClNO5/c1-15(2,3)22-14(20)17-12(13(18)19)9-21-8-10-4-6-11(16)7-5-10/h4-7,12H,8-9H2,1-3H3,(H,17,20)(H,18,19)/t12-/m0/s1. The maximum Gasteiger partial charge on any atom is 0.408 e. The lowest BCUT2D eigenvalue weighted by Gasteiger charge is -2.22. The number of hydrogen-bond acceptors (Lipinski definition) is 4. The maximum atomic E-state index is 11.6. The van der Waals surface area contributed by atoms with E-state index < -0.39 is 23.7 Å². The fourth-order valence-corrected chi connectivity index (χ4v) is 1.63. The summed E-state index contributed by atoms with van der Waals surface area (Å²) in [7, 11) is 0. The molecule has 1 aromatic carbocycles. The summed E-state index contributed by atoms with van der Waals surface area (Å²) in [4.78, 5) is 22.7. The molecule has 0 spiro atoms. The van der Waals surface area contributed by atoms with Crippen molar-refractivity contribution in [3.05, 3.63) is 34.9 Å². The minimum absolute atomic E-state index is 0.169. The molecule has 0 saturated carbocycles. The van der Waals surface area contributed by atoms with Crippen LogP contribution in [-0.2, 0) is 20.9 Å². The molecule has 1 aromatic rings.